The van der Waals surface area contributed by atoms with Gasteiger partial charge in [0.05, 0.1) is 0 Å². The Morgan fingerprint density at radius 3 is 2.71 bits per heavy atom. The van der Waals surface area contributed by atoms with Gasteiger partial charge in [0, 0.05) is 58.8 Å². The van der Waals surface area contributed by atoms with Crippen LogP contribution in [0.1, 0.15) is 35.3 Å². The van der Waals surface area contributed by atoms with Gasteiger partial charge in [0.25, 0.3) is 5.91 Å². The van der Waals surface area contributed by atoms with Crippen LogP contribution in [0, 0.1) is 0 Å². The number of piperazine rings is 1. The van der Waals surface area contributed by atoms with Crippen LogP contribution in [-0.2, 0) is 11.3 Å². The molecule has 0 radical (unpaired) electrons. The van der Waals surface area contributed by atoms with Gasteiger partial charge in [-0.25, -0.2) is 4.98 Å². The Balaban J connectivity index is 1.08. The van der Waals surface area contributed by atoms with E-state index in [0.29, 0.717) is 32.0 Å². The Morgan fingerprint density at radius 1 is 1.03 bits per heavy atom. The predicted octanol–water partition coefficient (Wildman–Crippen LogP) is 1.87. The fraction of sp³-hybridized carbons (Fsp3) is 0.480. The molecule has 9 nitrogen and oxygen atoms in total. The molecule has 5 rings (SSSR count). The number of fused-ring (bicyclic) bond motifs is 1. The van der Waals surface area contributed by atoms with Crippen LogP contribution < -0.4 is 19.7 Å². The van der Waals surface area contributed by atoms with Crippen molar-refractivity contribution in [3.63, 3.8) is 0 Å². The molecule has 3 aliphatic rings. The minimum absolute atomic E-state index is 0.170. The highest BCUT2D eigenvalue weighted by atomic mass is 16.7. The average Bonchev–Trinajstić information content (AvgIpc) is 3.50. The number of benzene rings is 1. The van der Waals surface area contributed by atoms with Crippen LogP contribution >= 0.6 is 0 Å². The first-order valence-corrected chi connectivity index (χ1v) is 12.0. The molecule has 180 valence electrons. The van der Waals surface area contributed by atoms with Crippen LogP contribution in [0.4, 0.5) is 5.82 Å². The molecule has 0 saturated carbocycles. The number of likely N-dealkylation sites (tertiary alicyclic amines) is 1. The summed E-state index contributed by atoms with van der Waals surface area (Å²) in [6.45, 7) is 6.77. The van der Waals surface area contributed by atoms with Crippen LogP contribution in [0.2, 0.25) is 0 Å². The van der Waals surface area contributed by atoms with E-state index in [-0.39, 0.29) is 11.8 Å². The highest BCUT2D eigenvalue weighted by Gasteiger charge is 2.21. The second-order valence-corrected chi connectivity index (χ2v) is 8.93. The Kier molecular flexibility index (Phi) is 6.80. The number of carbonyl (C=O) groups excluding carboxylic acids is 2. The first-order chi connectivity index (χ1) is 16.7. The lowest BCUT2D eigenvalue weighted by molar-refractivity contribution is -0.127. The SMILES string of the molecule is O=C(NCCCN1CCCC1=O)c1cccc(N2CCN(Cc3ccc4c(c3)OCO4)CC2)n1. The Hall–Kier alpha value is -3.33. The van der Waals surface area contributed by atoms with E-state index in [9.17, 15) is 9.59 Å². The minimum atomic E-state index is -0.170. The molecule has 0 unspecified atom stereocenters. The van der Waals surface area contributed by atoms with Crippen molar-refractivity contribution in [1.82, 2.24) is 20.1 Å². The van der Waals surface area contributed by atoms with Gasteiger partial charge >= 0.3 is 0 Å². The molecule has 2 fully saturated rings. The first kappa shape index (κ1) is 22.5. The fourth-order valence-electron chi connectivity index (χ4n) is 4.66. The van der Waals surface area contributed by atoms with Crippen LogP contribution in [0.5, 0.6) is 11.5 Å². The summed E-state index contributed by atoms with van der Waals surface area (Å²) in [5.74, 6) is 2.51. The smallest absolute Gasteiger partial charge is 0.269 e. The highest BCUT2D eigenvalue weighted by molar-refractivity contribution is 5.92. The maximum absolute atomic E-state index is 12.6. The summed E-state index contributed by atoms with van der Waals surface area (Å²) >= 11 is 0. The molecule has 2 amide bonds. The van der Waals surface area contributed by atoms with E-state index >= 15 is 0 Å². The normalized spacial score (nSPS) is 17.9. The molecule has 9 heteroatoms. The maximum atomic E-state index is 12.6. The standard InChI is InChI=1S/C25H31N5O4/c31-24-6-2-10-30(24)11-3-9-26-25(32)20-4-1-5-23(27-20)29-14-12-28(13-15-29)17-19-7-8-21-22(16-19)34-18-33-21/h1,4-5,7-8,16H,2-3,6,9-15,17-18H2,(H,26,32). The number of ether oxygens (including phenoxy) is 2. The number of rotatable bonds is 8. The molecule has 0 spiro atoms. The number of carbonyl (C=O) groups is 2. The van der Waals surface area contributed by atoms with Gasteiger partial charge in [-0.3, -0.25) is 14.5 Å². The molecular weight excluding hydrogens is 434 g/mol. The van der Waals surface area contributed by atoms with Gasteiger partial charge in [-0.2, -0.15) is 0 Å². The number of pyridine rings is 1. The monoisotopic (exact) mass is 465 g/mol. The predicted molar refractivity (Wildman–Crippen MR) is 127 cm³/mol. The van der Waals surface area contributed by atoms with Crippen molar-refractivity contribution < 1.29 is 19.1 Å². The molecular formula is C25H31N5O4. The Morgan fingerprint density at radius 2 is 1.88 bits per heavy atom. The molecule has 0 bridgehead atoms. The third-order valence-corrected chi connectivity index (χ3v) is 6.57. The van der Waals surface area contributed by atoms with Crippen LogP contribution in [-0.4, -0.2) is 79.2 Å². The molecule has 1 N–H and O–H groups in total. The lowest BCUT2D eigenvalue weighted by atomic mass is 10.1. The maximum Gasteiger partial charge on any atom is 0.269 e. The van der Waals surface area contributed by atoms with Crippen molar-refractivity contribution in [3.8, 4) is 11.5 Å². The molecule has 34 heavy (non-hydrogen) atoms. The van der Waals surface area contributed by atoms with E-state index in [1.165, 1.54) is 5.56 Å². The molecule has 3 aliphatic heterocycles. The average molecular weight is 466 g/mol. The van der Waals surface area contributed by atoms with Crippen LogP contribution in [0.25, 0.3) is 0 Å². The second-order valence-electron chi connectivity index (χ2n) is 8.93. The number of nitrogens with zero attached hydrogens (tertiary/aromatic N) is 4. The van der Waals surface area contributed by atoms with Gasteiger partial charge in [-0.1, -0.05) is 12.1 Å². The second kappa shape index (κ2) is 10.3. The van der Waals surface area contributed by atoms with Gasteiger partial charge in [-0.15, -0.1) is 0 Å². The zero-order valence-corrected chi connectivity index (χ0v) is 19.4. The third-order valence-electron chi connectivity index (χ3n) is 6.57. The Labute approximate surface area is 199 Å². The number of nitrogens with one attached hydrogen (secondary N) is 1. The molecule has 4 heterocycles. The van der Waals surface area contributed by atoms with E-state index in [2.05, 4.69) is 32.2 Å². The largest absolute Gasteiger partial charge is 0.454 e. The molecule has 2 aromatic rings. The van der Waals surface area contributed by atoms with Crippen LogP contribution in [0.3, 0.4) is 0 Å². The summed E-state index contributed by atoms with van der Waals surface area (Å²) < 4.78 is 10.9. The highest BCUT2D eigenvalue weighted by Crippen LogP contribution is 2.33. The fourth-order valence-corrected chi connectivity index (χ4v) is 4.66. The molecule has 1 aromatic carbocycles. The van der Waals surface area contributed by atoms with Crippen molar-refractivity contribution in [1.29, 1.82) is 0 Å². The van der Waals surface area contributed by atoms with E-state index in [1.807, 2.05) is 23.1 Å². The number of hydrogen-bond acceptors (Lipinski definition) is 7. The first-order valence-electron chi connectivity index (χ1n) is 12.0. The number of aromatic nitrogens is 1. The molecule has 0 atom stereocenters. The molecule has 2 saturated heterocycles. The van der Waals surface area contributed by atoms with Crippen molar-refractivity contribution in [2.75, 3.05) is 57.5 Å². The van der Waals surface area contributed by atoms with Gasteiger partial charge in [0.1, 0.15) is 11.5 Å². The van der Waals surface area contributed by atoms with Crippen molar-refractivity contribution >= 4 is 17.6 Å². The van der Waals surface area contributed by atoms with Gasteiger partial charge in [0.15, 0.2) is 11.5 Å². The summed E-state index contributed by atoms with van der Waals surface area (Å²) in [5, 5.41) is 2.93. The zero-order chi connectivity index (χ0) is 23.3. The Bertz CT molecular complexity index is 1040. The molecule has 1 aromatic heterocycles. The summed E-state index contributed by atoms with van der Waals surface area (Å²) in [7, 11) is 0. The van der Waals surface area contributed by atoms with Crippen LogP contribution in [0.15, 0.2) is 36.4 Å². The summed E-state index contributed by atoms with van der Waals surface area (Å²) in [4.78, 5) is 35.4. The lowest BCUT2D eigenvalue weighted by Gasteiger charge is -2.35. The van der Waals surface area contributed by atoms with E-state index in [1.54, 1.807) is 6.07 Å². The third kappa shape index (κ3) is 5.25. The van der Waals surface area contributed by atoms with Crippen molar-refractivity contribution in [2.45, 2.75) is 25.8 Å². The summed E-state index contributed by atoms with van der Waals surface area (Å²) in [5.41, 5.74) is 1.64. The summed E-state index contributed by atoms with van der Waals surface area (Å²) in [6.07, 6.45) is 2.34. The topological polar surface area (TPSA) is 87.2 Å². The zero-order valence-electron chi connectivity index (χ0n) is 19.4. The molecule has 0 aliphatic carbocycles. The van der Waals surface area contributed by atoms with E-state index in [4.69, 9.17) is 9.47 Å². The van der Waals surface area contributed by atoms with Crippen molar-refractivity contribution in [2.24, 2.45) is 0 Å². The lowest BCUT2D eigenvalue weighted by Crippen LogP contribution is -2.46. The summed E-state index contributed by atoms with van der Waals surface area (Å²) in [6, 6.07) is 11.7. The number of anilines is 1. The minimum Gasteiger partial charge on any atom is -0.454 e. The van der Waals surface area contributed by atoms with E-state index < -0.39 is 0 Å². The number of amides is 2. The van der Waals surface area contributed by atoms with Crippen molar-refractivity contribution in [3.05, 3.63) is 47.7 Å². The quantitative estimate of drug-likeness (QED) is 0.596. The van der Waals surface area contributed by atoms with Gasteiger partial charge in [0.2, 0.25) is 12.7 Å². The van der Waals surface area contributed by atoms with Gasteiger partial charge < -0.3 is 24.6 Å². The van der Waals surface area contributed by atoms with Gasteiger partial charge in [-0.05, 0) is 42.7 Å². The van der Waals surface area contributed by atoms with E-state index in [0.717, 1.165) is 69.4 Å². The number of hydrogen-bond donors (Lipinski definition) is 1.